The minimum absolute atomic E-state index is 0.0887. The number of carbonyl (C=O) groups is 1. The van der Waals surface area contributed by atoms with Gasteiger partial charge in [-0.3, -0.25) is 9.48 Å². The van der Waals surface area contributed by atoms with Crippen molar-refractivity contribution in [1.29, 1.82) is 0 Å². The van der Waals surface area contributed by atoms with E-state index in [0.29, 0.717) is 29.6 Å². The summed E-state index contributed by atoms with van der Waals surface area (Å²) >= 11 is 0. The summed E-state index contributed by atoms with van der Waals surface area (Å²) in [5.74, 6) is 0.916. The Morgan fingerprint density at radius 1 is 1.17 bits per heavy atom. The topological polar surface area (TPSA) is 106 Å². The van der Waals surface area contributed by atoms with Crippen LogP contribution in [0.15, 0.2) is 24.4 Å². The lowest BCUT2D eigenvalue weighted by Crippen LogP contribution is -2.43. The molecule has 1 aliphatic carbocycles. The molecule has 0 atom stereocenters. The summed E-state index contributed by atoms with van der Waals surface area (Å²) in [5, 5.41) is 11.1. The number of piperidine rings is 1. The number of fused-ring (bicyclic) bond motifs is 3. The molecule has 3 heterocycles. The van der Waals surface area contributed by atoms with Crippen LogP contribution in [0.4, 0.5) is 11.6 Å². The van der Waals surface area contributed by atoms with Crippen molar-refractivity contribution in [1.82, 2.24) is 30.0 Å². The summed E-state index contributed by atoms with van der Waals surface area (Å²) in [6.45, 7) is 2.44. The highest BCUT2D eigenvalue weighted by Crippen LogP contribution is 2.36. The van der Waals surface area contributed by atoms with Gasteiger partial charge < -0.3 is 25.0 Å². The molecule has 10 nitrogen and oxygen atoms in total. The van der Waals surface area contributed by atoms with E-state index in [9.17, 15) is 4.79 Å². The van der Waals surface area contributed by atoms with Crippen LogP contribution >= 0.6 is 0 Å². The Morgan fingerprint density at radius 3 is 2.72 bits per heavy atom. The lowest BCUT2D eigenvalue weighted by molar-refractivity contribution is 0.0916. The molecule has 2 aromatic heterocycles. The molecule has 10 heteroatoms. The average Bonchev–Trinajstić information content (AvgIpc) is 3.21. The summed E-state index contributed by atoms with van der Waals surface area (Å²) in [7, 11) is 7.31. The number of anilines is 2. The number of likely N-dealkylation sites (tertiary alicyclic amines) is 1. The van der Waals surface area contributed by atoms with Gasteiger partial charge in [-0.1, -0.05) is 0 Å². The van der Waals surface area contributed by atoms with Crippen molar-refractivity contribution < 1.29 is 14.3 Å². The van der Waals surface area contributed by atoms with Crippen LogP contribution in [0.1, 0.15) is 40.2 Å². The summed E-state index contributed by atoms with van der Waals surface area (Å²) in [4.78, 5) is 24.5. The largest absolute Gasteiger partial charge is 0.495 e. The van der Waals surface area contributed by atoms with Gasteiger partial charge in [-0.05, 0) is 69.6 Å². The van der Waals surface area contributed by atoms with Crippen LogP contribution < -0.4 is 15.4 Å². The first kappa shape index (κ1) is 24.2. The molecular weight excluding hydrogens is 458 g/mol. The Balaban J connectivity index is 1.37. The van der Waals surface area contributed by atoms with E-state index in [1.807, 2.05) is 24.0 Å². The predicted octanol–water partition coefficient (Wildman–Crippen LogP) is 2.70. The van der Waals surface area contributed by atoms with Gasteiger partial charge in [0.1, 0.15) is 5.75 Å². The Hall–Kier alpha value is -3.50. The first-order valence-corrected chi connectivity index (χ1v) is 12.3. The lowest BCUT2D eigenvalue weighted by Gasteiger charge is -2.29. The smallest absolute Gasteiger partial charge is 0.251 e. The quantitative estimate of drug-likeness (QED) is 0.520. The molecule has 2 N–H and O–H groups in total. The number of hydrogen-bond donors (Lipinski definition) is 2. The molecule has 1 fully saturated rings. The van der Waals surface area contributed by atoms with Crippen LogP contribution in [0, 0.1) is 0 Å². The number of nitrogens with zero attached hydrogens (tertiary/aromatic N) is 5. The normalized spacial score (nSPS) is 15.8. The molecule has 0 radical (unpaired) electrons. The first-order chi connectivity index (χ1) is 17.5. The lowest BCUT2D eigenvalue weighted by atomic mass is 9.93. The molecule has 190 valence electrons. The third kappa shape index (κ3) is 4.78. The maximum absolute atomic E-state index is 12.9. The van der Waals surface area contributed by atoms with Gasteiger partial charge in [0, 0.05) is 37.5 Å². The van der Waals surface area contributed by atoms with Gasteiger partial charge in [-0.15, -0.1) is 0 Å². The molecule has 5 rings (SSSR count). The zero-order valence-corrected chi connectivity index (χ0v) is 21.3. The summed E-state index contributed by atoms with van der Waals surface area (Å²) < 4.78 is 12.9. The van der Waals surface area contributed by atoms with E-state index >= 15 is 0 Å². The highest BCUT2D eigenvalue weighted by atomic mass is 16.5. The second kappa shape index (κ2) is 10.2. The van der Waals surface area contributed by atoms with E-state index in [2.05, 4.69) is 32.7 Å². The zero-order valence-electron chi connectivity index (χ0n) is 21.3. The SMILES string of the molecule is COCc1c2c(nn1C)CCc1cnc(Nc3ccc(C(=O)NC4CCN(C)CC4)cc3OC)nc1-2. The third-order valence-electron chi connectivity index (χ3n) is 7.02. The van der Waals surface area contributed by atoms with Gasteiger partial charge in [-0.25, -0.2) is 9.97 Å². The fourth-order valence-corrected chi connectivity index (χ4v) is 4.97. The average molecular weight is 492 g/mol. The van der Waals surface area contributed by atoms with Crippen molar-refractivity contribution in [3.8, 4) is 17.0 Å². The van der Waals surface area contributed by atoms with Crippen molar-refractivity contribution in [2.75, 3.05) is 39.7 Å². The van der Waals surface area contributed by atoms with Gasteiger partial charge in [0.15, 0.2) is 0 Å². The molecule has 1 aliphatic heterocycles. The fraction of sp³-hybridized carbons (Fsp3) is 0.462. The molecule has 36 heavy (non-hydrogen) atoms. The monoisotopic (exact) mass is 491 g/mol. The molecule has 0 unspecified atom stereocenters. The maximum Gasteiger partial charge on any atom is 0.251 e. The Bertz CT molecular complexity index is 1260. The molecular formula is C26H33N7O3. The molecule has 1 saturated heterocycles. The number of nitrogens with one attached hydrogen (secondary N) is 2. The number of aromatic nitrogens is 4. The van der Waals surface area contributed by atoms with Gasteiger partial charge in [0.2, 0.25) is 5.95 Å². The van der Waals surface area contributed by atoms with Crippen molar-refractivity contribution in [2.45, 2.75) is 38.3 Å². The van der Waals surface area contributed by atoms with Crippen LogP contribution in [0.2, 0.25) is 0 Å². The van der Waals surface area contributed by atoms with Crippen LogP contribution in [-0.2, 0) is 31.2 Å². The van der Waals surface area contributed by atoms with E-state index in [1.54, 1.807) is 26.4 Å². The Labute approximate surface area is 211 Å². The minimum Gasteiger partial charge on any atom is -0.495 e. The molecule has 3 aromatic rings. The highest BCUT2D eigenvalue weighted by Gasteiger charge is 2.26. The standard InChI is InChI=1S/C26H33N7O3/c1-32-11-9-18(10-12-32)28-25(34)16-5-7-19(22(13-16)36-4)29-26-27-14-17-6-8-20-23(24(17)30-26)21(15-35-3)33(2)31-20/h5,7,13-14,18H,6,8-12,15H2,1-4H3,(H,28,34)(H,27,29,30). The first-order valence-electron chi connectivity index (χ1n) is 12.3. The fourth-order valence-electron chi connectivity index (χ4n) is 4.97. The van der Waals surface area contributed by atoms with Crippen LogP contribution in [0.5, 0.6) is 5.75 Å². The van der Waals surface area contributed by atoms with Gasteiger partial charge >= 0.3 is 0 Å². The number of hydrogen-bond acceptors (Lipinski definition) is 8. The number of amides is 1. The summed E-state index contributed by atoms with van der Waals surface area (Å²) in [6.07, 6.45) is 5.48. The molecule has 1 amide bonds. The number of benzene rings is 1. The highest BCUT2D eigenvalue weighted by molar-refractivity contribution is 5.95. The van der Waals surface area contributed by atoms with Gasteiger partial charge in [0.25, 0.3) is 5.91 Å². The Morgan fingerprint density at radius 2 is 1.97 bits per heavy atom. The number of aryl methyl sites for hydroxylation is 3. The second-order valence-electron chi connectivity index (χ2n) is 9.48. The van der Waals surface area contributed by atoms with E-state index in [1.165, 1.54) is 0 Å². The predicted molar refractivity (Wildman–Crippen MR) is 137 cm³/mol. The molecule has 0 saturated carbocycles. The summed E-state index contributed by atoms with van der Waals surface area (Å²) in [5.41, 5.74) is 6.27. The van der Waals surface area contributed by atoms with Crippen LogP contribution in [-0.4, -0.2) is 71.0 Å². The van der Waals surface area contributed by atoms with Gasteiger partial charge in [0.05, 0.1) is 36.5 Å². The minimum atomic E-state index is -0.0887. The van der Waals surface area contributed by atoms with Gasteiger partial charge in [-0.2, -0.15) is 5.10 Å². The summed E-state index contributed by atoms with van der Waals surface area (Å²) in [6, 6.07) is 5.57. The molecule has 1 aromatic carbocycles. The maximum atomic E-state index is 12.9. The van der Waals surface area contributed by atoms with E-state index in [0.717, 1.165) is 67.0 Å². The molecule has 0 spiro atoms. The van der Waals surface area contributed by atoms with E-state index < -0.39 is 0 Å². The van der Waals surface area contributed by atoms with Crippen molar-refractivity contribution in [2.24, 2.45) is 7.05 Å². The Kier molecular flexibility index (Phi) is 6.88. The van der Waals surface area contributed by atoms with E-state index in [4.69, 9.17) is 14.5 Å². The molecule has 0 bridgehead atoms. The van der Waals surface area contributed by atoms with Crippen LogP contribution in [0.3, 0.4) is 0 Å². The van der Waals surface area contributed by atoms with Crippen molar-refractivity contribution in [3.63, 3.8) is 0 Å². The third-order valence-corrected chi connectivity index (χ3v) is 7.02. The van der Waals surface area contributed by atoms with Crippen molar-refractivity contribution >= 4 is 17.5 Å². The second-order valence-corrected chi connectivity index (χ2v) is 9.48. The zero-order chi connectivity index (χ0) is 25.2. The van der Waals surface area contributed by atoms with Crippen LogP contribution in [0.25, 0.3) is 11.3 Å². The number of rotatable bonds is 7. The number of carbonyl (C=O) groups excluding carboxylic acids is 1. The molecule has 2 aliphatic rings. The van der Waals surface area contributed by atoms with Crippen molar-refractivity contribution in [3.05, 3.63) is 46.9 Å². The van der Waals surface area contributed by atoms with E-state index in [-0.39, 0.29) is 11.9 Å². The number of ether oxygens (including phenoxy) is 2. The number of methoxy groups -OCH3 is 2.